The fourth-order valence-corrected chi connectivity index (χ4v) is 5.82. The largest absolute Gasteiger partial charge is 0.462 e. The lowest BCUT2D eigenvalue weighted by molar-refractivity contribution is -0.153. The minimum absolute atomic E-state index is 0.0195. The Hall–Kier alpha value is -2.46. The number of nitrogens with zero attached hydrogens (tertiary/aromatic N) is 1. The summed E-state index contributed by atoms with van der Waals surface area (Å²) in [4.78, 5) is 50.2. The Labute approximate surface area is 194 Å². The summed E-state index contributed by atoms with van der Waals surface area (Å²) in [5.74, 6) is -1.02. The van der Waals surface area contributed by atoms with Crippen LogP contribution in [0.3, 0.4) is 0 Å². The molecule has 1 aliphatic carbocycles. The van der Waals surface area contributed by atoms with E-state index in [1.807, 2.05) is 0 Å². The highest BCUT2D eigenvalue weighted by Gasteiger charge is 2.30. The maximum Gasteiger partial charge on any atom is 0.341 e. The van der Waals surface area contributed by atoms with E-state index in [0.29, 0.717) is 16.5 Å². The molecule has 174 valence electrons. The normalized spacial score (nSPS) is 16.2. The molecule has 1 aliphatic rings. The monoisotopic (exact) mass is 480 g/mol. The minimum atomic E-state index is -1.05. The predicted molar refractivity (Wildman–Crippen MR) is 124 cm³/mol. The van der Waals surface area contributed by atoms with Crippen molar-refractivity contribution in [1.29, 1.82) is 0 Å². The Morgan fingerprint density at radius 3 is 2.75 bits per heavy atom. The summed E-state index contributed by atoms with van der Waals surface area (Å²) in [6.45, 7) is 7.62. The molecule has 1 amide bonds. The summed E-state index contributed by atoms with van der Waals surface area (Å²) in [6, 6.07) is 0. The molecule has 0 aliphatic heterocycles. The number of thiophene rings is 1. The van der Waals surface area contributed by atoms with Crippen molar-refractivity contribution in [3.63, 3.8) is 0 Å². The van der Waals surface area contributed by atoms with E-state index in [4.69, 9.17) is 9.47 Å². The zero-order valence-electron chi connectivity index (χ0n) is 18.7. The summed E-state index contributed by atoms with van der Waals surface area (Å²) in [5, 5.41) is 4.93. The van der Waals surface area contributed by atoms with E-state index >= 15 is 0 Å². The minimum Gasteiger partial charge on any atom is -0.462 e. The van der Waals surface area contributed by atoms with Gasteiger partial charge in [0.2, 0.25) is 0 Å². The topological polar surface area (TPSA) is 104 Å². The number of thiazole rings is 1. The molecule has 2 heterocycles. The smallest absolute Gasteiger partial charge is 0.341 e. The van der Waals surface area contributed by atoms with Gasteiger partial charge in [-0.1, -0.05) is 18.3 Å². The maximum atomic E-state index is 12.7. The molecule has 2 atom stereocenters. The van der Waals surface area contributed by atoms with Crippen molar-refractivity contribution >= 4 is 45.5 Å². The Kier molecular flexibility index (Phi) is 7.89. The number of hydrogen-bond acceptors (Lipinski definition) is 8. The first-order valence-corrected chi connectivity index (χ1v) is 12.4. The quantitative estimate of drug-likeness (QED) is 0.580. The number of nitrogens with one attached hydrogen (secondary N) is 1. The Morgan fingerprint density at radius 2 is 2.09 bits per heavy atom. The van der Waals surface area contributed by atoms with Gasteiger partial charge in [-0.15, -0.1) is 11.3 Å². The fraction of sp³-hybridized carbons (Fsp3) is 0.545. The summed E-state index contributed by atoms with van der Waals surface area (Å²) >= 11 is 2.46. The highest BCUT2D eigenvalue weighted by atomic mass is 32.1. The molecule has 0 bridgehead atoms. The van der Waals surface area contributed by atoms with E-state index in [2.05, 4.69) is 12.2 Å². The lowest BCUT2D eigenvalue weighted by Gasteiger charge is -2.18. The van der Waals surface area contributed by atoms with Crippen LogP contribution < -0.4 is 10.2 Å². The molecular formula is C22H28N2O6S2. The first kappa shape index (κ1) is 24.2. The third-order valence-corrected chi connectivity index (χ3v) is 7.47. The summed E-state index contributed by atoms with van der Waals surface area (Å²) in [6.07, 6.45) is 1.53. The molecule has 1 N–H and O–H groups in total. The lowest BCUT2D eigenvalue weighted by Crippen LogP contribution is -2.31. The predicted octanol–water partition coefficient (Wildman–Crippen LogP) is 3.54. The van der Waals surface area contributed by atoms with Crippen LogP contribution >= 0.6 is 22.7 Å². The lowest BCUT2D eigenvalue weighted by atomic mass is 9.88. The van der Waals surface area contributed by atoms with Gasteiger partial charge in [-0.2, -0.15) is 0 Å². The summed E-state index contributed by atoms with van der Waals surface area (Å²) in [7, 11) is 0. The standard InChI is InChI=1S/C22H28N2O6S2/c1-5-29-21(27)18-15-7-6-12(2)10-16(15)32-20(18)23-19(26)14(4)30-17(25)8-9-24-13(3)11-31-22(24)28/h11-12,14H,5-10H2,1-4H3,(H,23,26). The van der Waals surface area contributed by atoms with Gasteiger partial charge >= 0.3 is 16.8 Å². The third-order valence-electron chi connectivity index (χ3n) is 5.42. The Balaban J connectivity index is 1.66. The van der Waals surface area contributed by atoms with Crippen molar-refractivity contribution in [3.05, 3.63) is 36.7 Å². The second-order valence-electron chi connectivity index (χ2n) is 7.94. The van der Waals surface area contributed by atoms with Crippen LogP contribution in [0.15, 0.2) is 10.2 Å². The molecule has 0 fully saturated rings. The second-order valence-corrected chi connectivity index (χ2v) is 9.87. The van der Waals surface area contributed by atoms with E-state index < -0.39 is 23.9 Å². The molecule has 0 aromatic carbocycles. The number of anilines is 1. The van der Waals surface area contributed by atoms with Crippen LogP contribution in [-0.2, 0) is 38.4 Å². The number of carbonyl (C=O) groups excluding carboxylic acids is 3. The highest BCUT2D eigenvalue weighted by Crippen LogP contribution is 2.40. The van der Waals surface area contributed by atoms with Gasteiger partial charge in [-0.25, -0.2) is 4.79 Å². The Bertz CT molecular complexity index is 1070. The maximum absolute atomic E-state index is 12.7. The average Bonchev–Trinajstić information content (AvgIpc) is 3.24. The van der Waals surface area contributed by atoms with E-state index in [1.54, 1.807) is 19.2 Å². The van der Waals surface area contributed by atoms with Crippen molar-refractivity contribution in [2.75, 3.05) is 11.9 Å². The van der Waals surface area contributed by atoms with Gasteiger partial charge in [-0.05, 0) is 51.5 Å². The number of hydrogen-bond donors (Lipinski definition) is 1. The van der Waals surface area contributed by atoms with Crippen molar-refractivity contribution in [2.45, 2.75) is 66.0 Å². The van der Waals surface area contributed by atoms with Crippen molar-refractivity contribution in [2.24, 2.45) is 5.92 Å². The molecule has 2 aromatic heterocycles. The van der Waals surface area contributed by atoms with E-state index in [9.17, 15) is 19.2 Å². The number of rotatable bonds is 8. The molecule has 3 rings (SSSR count). The van der Waals surface area contributed by atoms with Gasteiger partial charge < -0.3 is 19.4 Å². The fourth-order valence-electron chi connectivity index (χ4n) is 3.66. The number of esters is 2. The van der Waals surface area contributed by atoms with Gasteiger partial charge in [0.15, 0.2) is 6.10 Å². The highest BCUT2D eigenvalue weighted by molar-refractivity contribution is 7.17. The van der Waals surface area contributed by atoms with Crippen LogP contribution in [0.1, 0.15) is 60.1 Å². The van der Waals surface area contributed by atoms with Crippen LogP contribution in [-0.4, -0.2) is 35.1 Å². The summed E-state index contributed by atoms with van der Waals surface area (Å²) < 4.78 is 12.0. The summed E-state index contributed by atoms with van der Waals surface area (Å²) in [5.41, 5.74) is 2.14. The van der Waals surface area contributed by atoms with Crippen LogP contribution in [0.25, 0.3) is 0 Å². The molecule has 0 saturated carbocycles. The van der Waals surface area contributed by atoms with E-state index in [-0.39, 0.29) is 24.4 Å². The first-order valence-electron chi connectivity index (χ1n) is 10.7. The molecule has 8 nitrogen and oxygen atoms in total. The number of amides is 1. The van der Waals surface area contributed by atoms with Crippen LogP contribution in [0.4, 0.5) is 5.00 Å². The number of fused-ring (bicyclic) bond motifs is 1. The van der Waals surface area contributed by atoms with E-state index in [1.165, 1.54) is 22.8 Å². The molecule has 0 radical (unpaired) electrons. The number of aryl methyl sites for hydroxylation is 1. The first-order chi connectivity index (χ1) is 15.2. The average molecular weight is 481 g/mol. The third kappa shape index (κ3) is 5.47. The van der Waals surface area contributed by atoms with Gasteiger partial charge in [0, 0.05) is 22.5 Å². The number of ether oxygens (including phenoxy) is 2. The molecule has 0 spiro atoms. The molecule has 0 saturated heterocycles. The van der Waals surface area contributed by atoms with Crippen molar-refractivity contribution in [1.82, 2.24) is 4.57 Å². The van der Waals surface area contributed by atoms with Crippen LogP contribution in [0.5, 0.6) is 0 Å². The van der Waals surface area contributed by atoms with Crippen LogP contribution in [0, 0.1) is 12.8 Å². The van der Waals surface area contributed by atoms with Crippen molar-refractivity contribution in [3.8, 4) is 0 Å². The van der Waals surface area contributed by atoms with Gasteiger partial charge in [-0.3, -0.25) is 14.4 Å². The number of aromatic nitrogens is 1. The second kappa shape index (κ2) is 10.4. The molecule has 10 heteroatoms. The SMILES string of the molecule is CCOC(=O)c1c(NC(=O)C(C)OC(=O)CCn2c(C)csc2=O)sc2c1CCC(C)C2. The van der Waals surface area contributed by atoms with Gasteiger partial charge in [0.25, 0.3) is 5.91 Å². The zero-order chi connectivity index (χ0) is 23.4. The molecule has 32 heavy (non-hydrogen) atoms. The molecular weight excluding hydrogens is 452 g/mol. The van der Waals surface area contributed by atoms with Gasteiger partial charge in [0.05, 0.1) is 18.6 Å². The van der Waals surface area contributed by atoms with Crippen molar-refractivity contribution < 1.29 is 23.9 Å². The number of carbonyl (C=O) groups is 3. The van der Waals surface area contributed by atoms with E-state index in [0.717, 1.165) is 46.7 Å². The van der Waals surface area contributed by atoms with Gasteiger partial charge in [0.1, 0.15) is 5.00 Å². The molecule has 2 unspecified atom stereocenters. The Morgan fingerprint density at radius 1 is 1.34 bits per heavy atom. The van der Waals surface area contributed by atoms with Crippen LogP contribution in [0.2, 0.25) is 0 Å². The molecule has 2 aromatic rings. The zero-order valence-corrected chi connectivity index (χ0v) is 20.3.